The first-order chi connectivity index (χ1) is 13.3. The molecule has 0 bridgehead atoms. The van der Waals surface area contributed by atoms with Crippen LogP contribution in [0.25, 0.3) is 0 Å². The number of nitrogens with zero attached hydrogens (tertiary/aromatic N) is 1. The largest absolute Gasteiger partial charge is 0.454 e. The van der Waals surface area contributed by atoms with Crippen LogP contribution in [0, 0.1) is 0 Å². The molecule has 27 heavy (non-hydrogen) atoms. The summed E-state index contributed by atoms with van der Waals surface area (Å²) in [5, 5.41) is 3.05. The number of carbonyl (C=O) groups excluding carboxylic acids is 1. The highest BCUT2D eigenvalue weighted by molar-refractivity contribution is 5.84. The number of rotatable bonds is 6. The van der Waals surface area contributed by atoms with Crippen molar-refractivity contribution in [2.45, 2.75) is 18.9 Å². The molecule has 2 heterocycles. The van der Waals surface area contributed by atoms with E-state index in [1.54, 1.807) is 6.20 Å². The average molecular weight is 360 g/mol. The molecule has 1 atom stereocenters. The Balaban J connectivity index is 1.48. The predicted molar refractivity (Wildman–Crippen MR) is 102 cm³/mol. The SMILES string of the molecule is O=C(NCc1ccc2c(c1)OCO2)C(Cc1ccccn1)c1ccccc1. The minimum atomic E-state index is -0.296. The molecule has 3 aromatic rings. The fourth-order valence-electron chi connectivity index (χ4n) is 3.14. The zero-order chi connectivity index (χ0) is 18.5. The molecule has 1 aliphatic heterocycles. The Morgan fingerprint density at radius 3 is 2.63 bits per heavy atom. The van der Waals surface area contributed by atoms with E-state index < -0.39 is 0 Å². The van der Waals surface area contributed by atoms with Crippen molar-refractivity contribution in [2.75, 3.05) is 6.79 Å². The third kappa shape index (κ3) is 4.08. The minimum absolute atomic E-state index is 0.0236. The molecule has 1 N–H and O–H groups in total. The maximum atomic E-state index is 13.0. The monoisotopic (exact) mass is 360 g/mol. The second kappa shape index (κ2) is 7.91. The van der Waals surface area contributed by atoms with Crippen LogP contribution in [0.3, 0.4) is 0 Å². The molecule has 5 nitrogen and oxygen atoms in total. The number of fused-ring (bicyclic) bond motifs is 1. The van der Waals surface area contributed by atoms with Crippen molar-refractivity contribution >= 4 is 5.91 Å². The zero-order valence-electron chi connectivity index (χ0n) is 14.8. The van der Waals surface area contributed by atoms with Gasteiger partial charge in [0.1, 0.15) is 0 Å². The zero-order valence-corrected chi connectivity index (χ0v) is 14.8. The van der Waals surface area contributed by atoms with E-state index >= 15 is 0 Å². The van der Waals surface area contributed by atoms with Crippen LogP contribution < -0.4 is 14.8 Å². The third-order valence-electron chi connectivity index (χ3n) is 4.56. The number of pyridine rings is 1. The van der Waals surface area contributed by atoms with E-state index in [0.29, 0.717) is 13.0 Å². The van der Waals surface area contributed by atoms with Crippen LogP contribution in [0.2, 0.25) is 0 Å². The molecule has 1 unspecified atom stereocenters. The number of ether oxygens (including phenoxy) is 2. The van der Waals surface area contributed by atoms with Crippen molar-refractivity contribution in [1.29, 1.82) is 0 Å². The number of aromatic nitrogens is 1. The van der Waals surface area contributed by atoms with Crippen molar-refractivity contribution < 1.29 is 14.3 Å². The van der Waals surface area contributed by atoms with Gasteiger partial charge in [-0.3, -0.25) is 9.78 Å². The fraction of sp³-hybridized carbons (Fsp3) is 0.182. The summed E-state index contributed by atoms with van der Waals surface area (Å²) in [5.74, 6) is 1.14. The number of benzene rings is 2. The summed E-state index contributed by atoms with van der Waals surface area (Å²) in [5.41, 5.74) is 2.84. The first-order valence-corrected chi connectivity index (χ1v) is 8.91. The second-order valence-electron chi connectivity index (χ2n) is 6.39. The Bertz CT molecular complexity index is 913. The molecule has 0 fully saturated rings. The summed E-state index contributed by atoms with van der Waals surface area (Å²) in [7, 11) is 0. The van der Waals surface area contributed by atoms with Crippen LogP contribution in [0.15, 0.2) is 72.9 Å². The number of hydrogen-bond acceptors (Lipinski definition) is 4. The van der Waals surface area contributed by atoms with Gasteiger partial charge in [-0.25, -0.2) is 0 Å². The lowest BCUT2D eigenvalue weighted by Crippen LogP contribution is -2.30. The van der Waals surface area contributed by atoms with Gasteiger partial charge in [0.05, 0.1) is 5.92 Å². The Kier molecular flexibility index (Phi) is 5.01. The molecule has 0 saturated heterocycles. The molecule has 1 aliphatic rings. The van der Waals surface area contributed by atoms with Crippen LogP contribution >= 0.6 is 0 Å². The van der Waals surface area contributed by atoms with Crippen molar-refractivity contribution in [3.05, 3.63) is 89.7 Å². The predicted octanol–water partition coefficient (Wildman–Crippen LogP) is 3.45. The van der Waals surface area contributed by atoms with Gasteiger partial charge in [0, 0.05) is 24.9 Å². The van der Waals surface area contributed by atoms with Gasteiger partial charge < -0.3 is 14.8 Å². The Morgan fingerprint density at radius 1 is 1.00 bits per heavy atom. The number of hydrogen-bond donors (Lipinski definition) is 1. The maximum Gasteiger partial charge on any atom is 0.231 e. The quantitative estimate of drug-likeness (QED) is 0.731. The molecule has 0 saturated carbocycles. The van der Waals surface area contributed by atoms with Gasteiger partial charge in [-0.2, -0.15) is 0 Å². The number of amides is 1. The normalized spacial score (nSPS) is 13.2. The standard InChI is InChI=1S/C22H20N2O3/c25-22(24-14-16-9-10-20-21(12-16)27-15-26-20)19(17-6-2-1-3-7-17)13-18-8-4-5-11-23-18/h1-12,19H,13-15H2,(H,24,25). The Hall–Kier alpha value is -3.34. The van der Waals surface area contributed by atoms with Crippen molar-refractivity contribution in [1.82, 2.24) is 10.3 Å². The summed E-state index contributed by atoms with van der Waals surface area (Å²) in [4.78, 5) is 17.3. The fourth-order valence-corrected chi connectivity index (χ4v) is 3.14. The van der Waals surface area contributed by atoms with Crippen molar-refractivity contribution in [2.24, 2.45) is 0 Å². The van der Waals surface area contributed by atoms with E-state index in [0.717, 1.165) is 28.3 Å². The van der Waals surface area contributed by atoms with Gasteiger partial charge in [-0.1, -0.05) is 42.5 Å². The van der Waals surface area contributed by atoms with Crippen LogP contribution in [-0.4, -0.2) is 17.7 Å². The number of nitrogens with one attached hydrogen (secondary N) is 1. The molecule has 2 aromatic carbocycles. The number of carbonyl (C=O) groups is 1. The summed E-state index contributed by atoms with van der Waals surface area (Å²) < 4.78 is 10.7. The molecule has 0 radical (unpaired) electrons. The Morgan fingerprint density at radius 2 is 1.81 bits per heavy atom. The van der Waals surface area contributed by atoms with E-state index in [-0.39, 0.29) is 18.6 Å². The molecule has 4 rings (SSSR count). The summed E-state index contributed by atoms with van der Waals surface area (Å²) in [6.45, 7) is 0.673. The first-order valence-electron chi connectivity index (χ1n) is 8.91. The lowest BCUT2D eigenvalue weighted by Gasteiger charge is -2.17. The molecule has 0 spiro atoms. The molecule has 1 aromatic heterocycles. The minimum Gasteiger partial charge on any atom is -0.454 e. The van der Waals surface area contributed by atoms with Gasteiger partial charge in [0.25, 0.3) is 0 Å². The lowest BCUT2D eigenvalue weighted by molar-refractivity contribution is -0.122. The first kappa shape index (κ1) is 17.1. The van der Waals surface area contributed by atoms with Crippen molar-refractivity contribution in [3.8, 4) is 11.5 Å². The highest BCUT2D eigenvalue weighted by atomic mass is 16.7. The topological polar surface area (TPSA) is 60.5 Å². The molecule has 0 aliphatic carbocycles. The summed E-state index contributed by atoms with van der Waals surface area (Å²) >= 11 is 0. The van der Waals surface area contributed by atoms with Crippen molar-refractivity contribution in [3.63, 3.8) is 0 Å². The third-order valence-corrected chi connectivity index (χ3v) is 4.56. The van der Waals surface area contributed by atoms with Gasteiger partial charge in [-0.15, -0.1) is 0 Å². The molecular weight excluding hydrogens is 340 g/mol. The van der Waals surface area contributed by atoms with E-state index in [9.17, 15) is 4.79 Å². The highest BCUT2D eigenvalue weighted by Crippen LogP contribution is 2.32. The van der Waals surface area contributed by atoms with E-state index in [2.05, 4.69) is 10.3 Å². The highest BCUT2D eigenvalue weighted by Gasteiger charge is 2.22. The van der Waals surface area contributed by atoms with Gasteiger partial charge >= 0.3 is 0 Å². The summed E-state index contributed by atoms with van der Waals surface area (Å²) in [6, 6.07) is 21.3. The van der Waals surface area contributed by atoms with E-state index in [4.69, 9.17) is 9.47 Å². The van der Waals surface area contributed by atoms with E-state index in [1.165, 1.54) is 0 Å². The lowest BCUT2D eigenvalue weighted by atomic mass is 9.93. The van der Waals surface area contributed by atoms with Gasteiger partial charge in [-0.05, 0) is 35.4 Å². The van der Waals surface area contributed by atoms with Gasteiger partial charge in [0.15, 0.2) is 11.5 Å². The molecule has 136 valence electrons. The smallest absolute Gasteiger partial charge is 0.231 e. The Labute approximate surface area is 158 Å². The average Bonchev–Trinajstić information content (AvgIpc) is 3.19. The van der Waals surface area contributed by atoms with Crippen LogP contribution in [-0.2, 0) is 17.8 Å². The summed E-state index contributed by atoms with van der Waals surface area (Å²) in [6.07, 6.45) is 2.31. The molecular formula is C22H20N2O3. The van der Waals surface area contributed by atoms with Crippen LogP contribution in [0.4, 0.5) is 0 Å². The molecule has 1 amide bonds. The second-order valence-corrected chi connectivity index (χ2v) is 6.39. The maximum absolute atomic E-state index is 13.0. The van der Waals surface area contributed by atoms with Crippen LogP contribution in [0.1, 0.15) is 22.7 Å². The molecule has 5 heteroatoms. The van der Waals surface area contributed by atoms with E-state index in [1.807, 2.05) is 66.7 Å². The van der Waals surface area contributed by atoms with Crippen LogP contribution in [0.5, 0.6) is 11.5 Å². The van der Waals surface area contributed by atoms with Gasteiger partial charge in [0.2, 0.25) is 12.7 Å².